The molecule has 0 saturated carbocycles. The van der Waals surface area contributed by atoms with Crippen molar-refractivity contribution in [3.05, 3.63) is 36.2 Å². The van der Waals surface area contributed by atoms with Gasteiger partial charge < -0.3 is 5.32 Å². The van der Waals surface area contributed by atoms with Gasteiger partial charge in [0, 0.05) is 47.2 Å². The first-order valence-electron chi connectivity index (χ1n) is 7.28. The number of nitrogens with one attached hydrogen (secondary N) is 1. The molecule has 1 unspecified atom stereocenters. The van der Waals surface area contributed by atoms with Gasteiger partial charge in [-0.1, -0.05) is 12.1 Å². The fourth-order valence-corrected chi connectivity index (χ4v) is 2.57. The summed E-state index contributed by atoms with van der Waals surface area (Å²) < 4.78 is 11.2. The van der Waals surface area contributed by atoms with E-state index in [1.54, 1.807) is 24.8 Å². The van der Waals surface area contributed by atoms with Crippen molar-refractivity contribution in [2.45, 2.75) is 0 Å². The van der Waals surface area contributed by atoms with E-state index >= 15 is 0 Å². The van der Waals surface area contributed by atoms with E-state index in [1.165, 1.54) is 0 Å². The molecule has 0 radical (unpaired) electrons. The number of fused-ring (bicyclic) bond motifs is 1. The summed E-state index contributed by atoms with van der Waals surface area (Å²) >= 11 is 0. The molecule has 0 spiro atoms. The van der Waals surface area contributed by atoms with Gasteiger partial charge in [-0.15, -0.1) is 0 Å². The van der Waals surface area contributed by atoms with Gasteiger partial charge in [0.15, 0.2) is 5.82 Å². The highest BCUT2D eigenvalue weighted by molar-refractivity contribution is 7.84. The van der Waals surface area contributed by atoms with Gasteiger partial charge in [0.05, 0.1) is 12.1 Å². The topological polar surface area (TPSA) is 79.6 Å². The van der Waals surface area contributed by atoms with E-state index in [9.17, 15) is 4.21 Å². The van der Waals surface area contributed by atoms with E-state index < -0.39 is 10.8 Å². The molecule has 118 valence electrons. The Morgan fingerprint density at radius 2 is 2.13 bits per heavy atom. The summed E-state index contributed by atoms with van der Waals surface area (Å²) in [6.07, 6.45) is 6.95. The molecular weight excluding hydrogens is 310 g/mol. The Morgan fingerprint density at radius 1 is 1.26 bits per heavy atom. The van der Waals surface area contributed by atoms with Crippen LogP contribution in [0.25, 0.3) is 16.6 Å². The molecule has 1 atom stereocenters. The largest absolute Gasteiger partial charge is 0.369 e. The second kappa shape index (κ2) is 7.23. The first-order chi connectivity index (χ1) is 11.2. The standard InChI is InChI=1S/C16H17N5OS/c1-23(22)11-10-19-15-12-4-2-3-5-13(12)20-16(21-15)14-6-7-17-8-9-18-14/h2-7,9H,8,10-11H2,1H3,(H,19,20,21). The zero-order valence-electron chi connectivity index (χ0n) is 12.8. The summed E-state index contributed by atoms with van der Waals surface area (Å²) in [7, 11) is -0.843. The molecule has 0 saturated heterocycles. The third-order valence-corrected chi connectivity index (χ3v) is 4.05. The smallest absolute Gasteiger partial charge is 0.180 e. The quantitative estimate of drug-likeness (QED) is 0.910. The van der Waals surface area contributed by atoms with Crippen LogP contribution in [0.4, 0.5) is 5.82 Å². The Bertz CT molecular complexity index is 828. The van der Waals surface area contributed by atoms with Crippen LogP contribution in [0.1, 0.15) is 5.82 Å². The number of aliphatic imine (C=N–C) groups is 2. The van der Waals surface area contributed by atoms with E-state index in [0.717, 1.165) is 16.7 Å². The molecule has 1 aliphatic rings. The van der Waals surface area contributed by atoms with Gasteiger partial charge in [-0.2, -0.15) is 0 Å². The predicted molar refractivity (Wildman–Crippen MR) is 96.8 cm³/mol. The molecule has 6 nitrogen and oxygen atoms in total. The number of rotatable bonds is 5. The van der Waals surface area contributed by atoms with Crippen LogP contribution >= 0.6 is 0 Å². The Balaban J connectivity index is 2.01. The van der Waals surface area contributed by atoms with Crippen molar-refractivity contribution in [2.75, 3.05) is 30.4 Å². The van der Waals surface area contributed by atoms with Gasteiger partial charge in [0.1, 0.15) is 11.5 Å². The van der Waals surface area contributed by atoms with Gasteiger partial charge in [-0.25, -0.2) is 9.97 Å². The fourth-order valence-electron chi connectivity index (χ4n) is 2.18. The molecule has 1 aromatic carbocycles. The average Bonchev–Trinajstić information content (AvgIpc) is 2.83. The molecule has 2 aromatic rings. The number of para-hydroxylation sites is 1. The lowest BCUT2D eigenvalue weighted by atomic mass is 10.2. The molecule has 23 heavy (non-hydrogen) atoms. The third kappa shape index (κ3) is 3.87. The van der Waals surface area contributed by atoms with Gasteiger partial charge in [-0.05, 0) is 18.2 Å². The molecular formula is C16H17N5OS. The number of allylic oxidation sites excluding steroid dienone is 1. The highest BCUT2D eigenvalue weighted by Gasteiger charge is 2.10. The normalized spacial score (nSPS) is 15.3. The summed E-state index contributed by atoms with van der Waals surface area (Å²) in [6, 6.07) is 7.80. The molecule has 0 bridgehead atoms. The average molecular weight is 327 g/mol. The number of hydrogen-bond acceptors (Lipinski definition) is 6. The Morgan fingerprint density at radius 3 is 3.00 bits per heavy atom. The van der Waals surface area contributed by atoms with Crippen molar-refractivity contribution in [3.8, 4) is 0 Å². The molecule has 0 fully saturated rings. The lowest BCUT2D eigenvalue weighted by Crippen LogP contribution is -2.12. The minimum Gasteiger partial charge on any atom is -0.369 e. The monoisotopic (exact) mass is 327 g/mol. The van der Waals surface area contributed by atoms with Gasteiger partial charge in [0.2, 0.25) is 0 Å². The van der Waals surface area contributed by atoms with Crippen LogP contribution in [0.2, 0.25) is 0 Å². The summed E-state index contributed by atoms with van der Waals surface area (Å²) in [5.74, 6) is 1.85. The summed E-state index contributed by atoms with van der Waals surface area (Å²) in [5.41, 5.74) is 1.52. The second-order valence-electron chi connectivity index (χ2n) is 4.99. The molecule has 3 rings (SSSR count). The highest BCUT2D eigenvalue weighted by atomic mass is 32.2. The van der Waals surface area contributed by atoms with E-state index in [2.05, 4.69) is 25.3 Å². The number of hydrogen-bond donors (Lipinski definition) is 1. The van der Waals surface area contributed by atoms with E-state index in [-0.39, 0.29) is 0 Å². The number of nitrogens with zero attached hydrogens (tertiary/aromatic N) is 4. The maximum absolute atomic E-state index is 11.2. The van der Waals surface area contributed by atoms with Gasteiger partial charge in [0.25, 0.3) is 0 Å². The van der Waals surface area contributed by atoms with Crippen molar-refractivity contribution < 1.29 is 4.21 Å². The highest BCUT2D eigenvalue weighted by Crippen LogP contribution is 2.23. The zero-order chi connectivity index (χ0) is 16.1. The van der Waals surface area contributed by atoms with E-state index in [4.69, 9.17) is 0 Å². The molecule has 0 aliphatic carbocycles. The van der Waals surface area contributed by atoms with Crippen LogP contribution < -0.4 is 5.32 Å². The first kappa shape index (κ1) is 15.5. The molecule has 0 amide bonds. The summed E-state index contributed by atoms with van der Waals surface area (Å²) in [6.45, 7) is 1.15. The summed E-state index contributed by atoms with van der Waals surface area (Å²) in [5, 5.41) is 4.19. The van der Waals surface area contributed by atoms with Crippen LogP contribution in [0.5, 0.6) is 0 Å². The van der Waals surface area contributed by atoms with Crippen LogP contribution in [-0.4, -0.2) is 51.7 Å². The minimum absolute atomic E-state index is 0.549. The molecule has 2 heterocycles. The predicted octanol–water partition coefficient (Wildman–Crippen LogP) is 1.92. The number of anilines is 1. The summed E-state index contributed by atoms with van der Waals surface area (Å²) in [4.78, 5) is 17.7. The third-order valence-electron chi connectivity index (χ3n) is 3.27. The minimum atomic E-state index is -0.843. The van der Waals surface area contributed by atoms with Crippen molar-refractivity contribution in [1.82, 2.24) is 9.97 Å². The van der Waals surface area contributed by atoms with Crippen molar-refractivity contribution in [2.24, 2.45) is 9.98 Å². The van der Waals surface area contributed by atoms with Crippen molar-refractivity contribution in [3.63, 3.8) is 0 Å². The fraction of sp³-hybridized carbons (Fsp3) is 0.250. The molecule has 1 N–H and O–H groups in total. The zero-order valence-corrected chi connectivity index (χ0v) is 13.6. The second-order valence-corrected chi connectivity index (χ2v) is 6.55. The molecule has 1 aliphatic heterocycles. The van der Waals surface area contributed by atoms with Crippen LogP contribution in [0.3, 0.4) is 0 Å². The van der Waals surface area contributed by atoms with Crippen LogP contribution in [0, 0.1) is 0 Å². The lowest BCUT2D eigenvalue weighted by molar-refractivity contribution is 0.687. The Labute approximate surface area is 136 Å². The van der Waals surface area contributed by atoms with Gasteiger partial charge >= 0.3 is 0 Å². The van der Waals surface area contributed by atoms with E-state index in [0.29, 0.717) is 30.4 Å². The Hall–Kier alpha value is -2.41. The van der Waals surface area contributed by atoms with E-state index in [1.807, 2.05) is 24.3 Å². The lowest BCUT2D eigenvalue weighted by Gasteiger charge is -2.10. The molecule has 7 heteroatoms. The van der Waals surface area contributed by atoms with Crippen LogP contribution in [-0.2, 0) is 10.8 Å². The number of aromatic nitrogens is 2. The van der Waals surface area contributed by atoms with Crippen molar-refractivity contribution >= 4 is 45.6 Å². The Kier molecular flexibility index (Phi) is 4.87. The maximum atomic E-state index is 11.2. The van der Waals surface area contributed by atoms with Gasteiger partial charge in [-0.3, -0.25) is 14.2 Å². The SMILES string of the molecule is CS(=O)CCNc1nc(C2=CC=NCC=N2)nc2ccccc12. The maximum Gasteiger partial charge on any atom is 0.180 e. The van der Waals surface area contributed by atoms with Crippen molar-refractivity contribution in [1.29, 1.82) is 0 Å². The van der Waals surface area contributed by atoms with Crippen LogP contribution in [0.15, 0.2) is 40.3 Å². The number of benzene rings is 1. The molecule has 1 aromatic heterocycles. The first-order valence-corrected chi connectivity index (χ1v) is 9.00.